The zero-order valence-electron chi connectivity index (χ0n) is 10.4. The minimum Gasteiger partial charge on any atom is -0.519 e. The van der Waals surface area contributed by atoms with Crippen molar-refractivity contribution in [3.63, 3.8) is 0 Å². The smallest absolute Gasteiger partial charge is 0.519 e. The highest BCUT2D eigenvalue weighted by molar-refractivity contribution is 6.67. The van der Waals surface area contributed by atoms with Crippen molar-refractivity contribution in [2.45, 2.75) is 6.92 Å². The molecule has 3 nitrogen and oxygen atoms in total. The summed E-state index contributed by atoms with van der Waals surface area (Å²) in [6.45, 7) is 1.94. The zero-order chi connectivity index (χ0) is 12.8. The molecule has 0 saturated heterocycles. The van der Waals surface area contributed by atoms with Crippen molar-refractivity contribution in [3.8, 4) is 11.5 Å². The Morgan fingerprint density at radius 2 is 1.47 bits per heavy atom. The van der Waals surface area contributed by atoms with Crippen LogP contribution in [0.2, 0.25) is 0 Å². The van der Waals surface area contributed by atoms with Crippen molar-refractivity contribution in [3.05, 3.63) is 54.3 Å². The molecule has 19 heavy (non-hydrogen) atoms. The van der Waals surface area contributed by atoms with Gasteiger partial charge in [-0.3, -0.25) is 0 Å². The van der Waals surface area contributed by atoms with Gasteiger partial charge in [-0.05, 0) is 25.1 Å². The molecule has 0 fully saturated rings. The second-order valence-electron chi connectivity index (χ2n) is 4.58. The summed E-state index contributed by atoms with van der Waals surface area (Å²) < 4.78 is 17.5. The molecule has 1 aromatic heterocycles. The van der Waals surface area contributed by atoms with Crippen LogP contribution in [0.25, 0.3) is 11.0 Å². The minimum absolute atomic E-state index is 0.430. The molecule has 2 heterocycles. The van der Waals surface area contributed by atoms with Crippen LogP contribution in [0.3, 0.4) is 0 Å². The molecule has 92 valence electrons. The number of fused-ring (bicyclic) bond motifs is 2. The molecule has 0 radical (unpaired) electrons. The maximum atomic E-state index is 5.86. The Hall–Kier alpha value is -2.36. The Morgan fingerprint density at radius 3 is 2.21 bits per heavy atom. The van der Waals surface area contributed by atoms with Crippen LogP contribution < -0.4 is 14.8 Å². The molecule has 0 N–H and O–H groups in total. The predicted molar refractivity (Wildman–Crippen MR) is 74.0 cm³/mol. The molecule has 4 heteroatoms. The number of furan rings is 1. The summed E-state index contributed by atoms with van der Waals surface area (Å²) in [5, 5.41) is 1.04. The first-order valence-corrected chi connectivity index (χ1v) is 6.23. The average Bonchev–Trinajstić information content (AvgIpc) is 2.97. The van der Waals surface area contributed by atoms with Crippen LogP contribution in [0, 0.1) is 6.92 Å². The topological polar surface area (TPSA) is 31.6 Å². The van der Waals surface area contributed by atoms with E-state index in [1.165, 1.54) is 0 Å². The summed E-state index contributed by atoms with van der Waals surface area (Å²) in [6, 6.07) is 15.6. The number of aryl methyl sites for hydroxylation is 1. The van der Waals surface area contributed by atoms with Gasteiger partial charge in [0.1, 0.15) is 22.8 Å². The number of hydrogen-bond donors (Lipinski definition) is 0. The van der Waals surface area contributed by atoms with E-state index in [-0.39, 0.29) is 0 Å². The maximum Gasteiger partial charge on any atom is 0.637 e. The molecule has 0 unspecified atom stereocenters. The average molecular weight is 250 g/mol. The standard InChI is InChI=1S/C15H11BO3/c1-10-15(11-6-2-3-7-12(11)17-10)16-18-13-8-4-5-9-14(13)19-16/h2-9H,1H3. The van der Waals surface area contributed by atoms with Gasteiger partial charge in [-0.15, -0.1) is 0 Å². The van der Waals surface area contributed by atoms with Crippen LogP contribution in [0.5, 0.6) is 11.5 Å². The van der Waals surface area contributed by atoms with Crippen LogP contribution in [-0.2, 0) is 0 Å². The van der Waals surface area contributed by atoms with Gasteiger partial charge in [0, 0.05) is 5.39 Å². The highest BCUT2D eigenvalue weighted by Gasteiger charge is 2.38. The third-order valence-electron chi connectivity index (χ3n) is 3.37. The van der Waals surface area contributed by atoms with E-state index < -0.39 is 7.12 Å². The number of rotatable bonds is 1. The van der Waals surface area contributed by atoms with Crippen LogP contribution in [0.1, 0.15) is 5.76 Å². The van der Waals surface area contributed by atoms with E-state index in [0.29, 0.717) is 0 Å². The molecule has 0 spiro atoms. The Morgan fingerprint density at radius 1 is 0.842 bits per heavy atom. The van der Waals surface area contributed by atoms with E-state index in [9.17, 15) is 0 Å². The van der Waals surface area contributed by atoms with Crippen LogP contribution in [0.15, 0.2) is 52.9 Å². The molecular weight excluding hydrogens is 239 g/mol. The van der Waals surface area contributed by atoms with Crippen LogP contribution in [0.4, 0.5) is 0 Å². The van der Waals surface area contributed by atoms with Crippen molar-refractivity contribution in [2.75, 3.05) is 0 Å². The molecule has 0 amide bonds. The van der Waals surface area contributed by atoms with Gasteiger partial charge in [0.25, 0.3) is 0 Å². The molecule has 3 aromatic rings. The van der Waals surface area contributed by atoms with E-state index in [0.717, 1.165) is 33.7 Å². The van der Waals surface area contributed by atoms with Crippen LogP contribution in [-0.4, -0.2) is 7.12 Å². The zero-order valence-corrected chi connectivity index (χ0v) is 10.4. The van der Waals surface area contributed by atoms with Crippen LogP contribution >= 0.6 is 0 Å². The Balaban J connectivity index is 1.83. The van der Waals surface area contributed by atoms with Gasteiger partial charge >= 0.3 is 7.12 Å². The monoisotopic (exact) mass is 250 g/mol. The lowest BCUT2D eigenvalue weighted by molar-refractivity contribution is 0.515. The first-order chi connectivity index (χ1) is 9.33. The molecule has 0 aliphatic carbocycles. The highest BCUT2D eigenvalue weighted by atomic mass is 16.6. The number of para-hydroxylation sites is 3. The van der Waals surface area contributed by atoms with Crippen molar-refractivity contribution in [1.29, 1.82) is 0 Å². The van der Waals surface area contributed by atoms with Gasteiger partial charge in [0.15, 0.2) is 0 Å². The second-order valence-corrected chi connectivity index (χ2v) is 4.58. The molecule has 1 aliphatic rings. The van der Waals surface area contributed by atoms with Gasteiger partial charge in [0.05, 0.1) is 5.46 Å². The SMILES string of the molecule is Cc1oc2ccccc2c1B1Oc2ccccc2O1. The third-order valence-corrected chi connectivity index (χ3v) is 3.37. The quantitative estimate of drug-likeness (QED) is 0.622. The molecule has 4 rings (SSSR count). The van der Waals surface area contributed by atoms with Crippen molar-refractivity contribution in [1.82, 2.24) is 0 Å². The molecule has 0 saturated carbocycles. The first kappa shape index (κ1) is 10.6. The summed E-state index contributed by atoms with van der Waals surface area (Å²) in [6.07, 6.45) is 0. The highest BCUT2D eigenvalue weighted by Crippen LogP contribution is 2.33. The lowest BCUT2D eigenvalue weighted by Crippen LogP contribution is -2.40. The lowest BCUT2D eigenvalue weighted by Gasteiger charge is -2.03. The number of hydrogen-bond acceptors (Lipinski definition) is 3. The third kappa shape index (κ3) is 1.53. The summed E-state index contributed by atoms with van der Waals surface area (Å²) in [4.78, 5) is 0. The Kier molecular flexibility index (Phi) is 2.12. The van der Waals surface area contributed by atoms with Gasteiger partial charge in [-0.25, -0.2) is 0 Å². The molecule has 2 aromatic carbocycles. The van der Waals surface area contributed by atoms with E-state index in [4.69, 9.17) is 13.7 Å². The molecule has 0 bridgehead atoms. The maximum absolute atomic E-state index is 5.86. The van der Waals surface area contributed by atoms with Gasteiger partial charge in [-0.2, -0.15) is 0 Å². The molecule has 1 aliphatic heterocycles. The molecule has 0 atom stereocenters. The minimum atomic E-state index is -0.430. The summed E-state index contributed by atoms with van der Waals surface area (Å²) >= 11 is 0. The van der Waals surface area contributed by atoms with E-state index in [1.807, 2.05) is 55.5 Å². The summed E-state index contributed by atoms with van der Waals surface area (Å²) in [7, 11) is -0.430. The van der Waals surface area contributed by atoms with Gasteiger partial charge in [-0.1, -0.05) is 30.3 Å². The summed E-state index contributed by atoms with van der Waals surface area (Å²) in [5.74, 6) is 2.38. The first-order valence-electron chi connectivity index (χ1n) is 6.23. The van der Waals surface area contributed by atoms with E-state index in [1.54, 1.807) is 0 Å². The Bertz CT molecular complexity index is 738. The summed E-state index contributed by atoms with van der Waals surface area (Å²) in [5.41, 5.74) is 1.82. The van der Waals surface area contributed by atoms with Crippen molar-refractivity contribution in [2.24, 2.45) is 0 Å². The lowest BCUT2D eigenvalue weighted by atomic mass is 9.77. The predicted octanol–water partition coefficient (Wildman–Crippen LogP) is 2.91. The largest absolute Gasteiger partial charge is 0.637 e. The van der Waals surface area contributed by atoms with E-state index in [2.05, 4.69) is 0 Å². The van der Waals surface area contributed by atoms with Crippen molar-refractivity contribution < 1.29 is 13.7 Å². The fourth-order valence-corrected chi connectivity index (χ4v) is 2.50. The number of benzene rings is 2. The normalized spacial score (nSPS) is 13.2. The second kappa shape index (κ2) is 3.82. The van der Waals surface area contributed by atoms with Gasteiger partial charge in [0.2, 0.25) is 0 Å². The van der Waals surface area contributed by atoms with Gasteiger partial charge < -0.3 is 13.7 Å². The fourth-order valence-electron chi connectivity index (χ4n) is 2.50. The molecular formula is C15H11BO3. The Labute approximate surface area is 110 Å². The fraction of sp³-hybridized carbons (Fsp3) is 0.0667. The van der Waals surface area contributed by atoms with Crippen molar-refractivity contribution >= 4 is 23.6 Å². The van der Waals surface area contributed by atoms with E-state index >= 15 is 0 Å².